The lowest BCUT2D eigenvalue weighted by Gasteiger charge is -2.04. The van der Waals surface area contributed by atoms with Gasteiger partial charge in [-0.3, -0.25) is 4.79 Å². The average Bonchev–Trinajstić information content (AvgIpc) is 2.90. The molecule has 23 heavy (non-hydrogen) atoms. The highest BCUT2D eigenvalue weighted by Crippen LogP contribution is 2.23. The highest BCUT2D eigenvalue weighted by Gasteiger charge is 2.14. The number of aryl methyl sites for hydroxylation is 1. The molecular weight excluding hydrogens is 288 g/mol. The lowest BCUT2D eigenvalue weighted by atomic mass is 10.2. The van der Waals surface area contributed by atoms with Gasteiger partial charge in [-0.25, -0.2) is 4.98 Å². The van der Waals surface area contributed by atoms with E-state index in [4.69, 9.17) is 12.2 Å². The molecule has 2 heterocycles. The van der Waals surface area contributed by atoms with Gasteiger partial charge in [-0.1, -0.05) is 24.1 Å². The van der Waals surface area contributed by atoms with Crippen LogP contribution < -0.4 is 11.1 Å². The van der Waals surface area contributed by atoms with E-state index in [9.17, 15) is 4.79 Å². The Labute approximate surface area is 133 Å². The summed E-state index contributed by atoms with van der Waals surface area (Å²) >= 11 is 0. The minimum Gasteiger partial charge on any atom is -0.383 e. The van der Waals surface area contributed by atoms with E-state index >= 15 is 0 Å². The van der Waals surface area contributed by atoms with Crippen molar-refractivity contribution in [2.45, 2.75) is 13.5 Å². The molecule has 1 amide bonds. The Morgan fingerprint density at radius 1 is 1.39 bits per heavy atom. The third-order valence-corrected chi connectivity index (χ3v) is 3.68. The van der Waals surface area contributed by atoms with Crippen LogP contribution in [0.15, 0.2) is 36.4 Å². The number of anilines is 1. The molecule has 3 rings (SSSR count). The normalized spacial score (nSPS) is 10.4. The summed E-state index contributed by atoms with van der Waals surface area (Å²) in [6, 6.07) is 10.9. The van der Waals surface area contributed by atoms with Crippen LogP contribution in [0.5, 0.6) is 0 Å². The summed E-state index contributed by atoms with van der Waals surface area (Å²) in [7, 11) is 0. The highest BCUT2D eigenvalue weighted by molar-refractivity contribution is 5.94. The van der Waals surface area contributed by atoms with E-state index in [-0.39, 0.29) is 5.91 Å². The quantitative estimate of drug-likeness (QED) is 0.649. The fraction of sp³-hybridized carbons (Fsp3) is 0.111. The van der Waals surface area contributed by atoms with E-state index in [0.717, 1.165) is 16.8 Å². The van der Waals surface area contributed by atoms with Gasteiger partial charge in [-0.05, 0) is 30.7 Å². The number of fused-ring (bicyclic) bond motifs is 1. The van der Waals surface area contributed by atoms with Gasteiger partial charge in [0.05, 0.1) is 23.3 Å². The minimum atomic E-state index is -0.157. The van der Waals surface area contributed by atoms with Crippen LogP contribution in [-0.2, 0) is 6.54 Å². The Morgan fingerprint density at radius 2 is 2.13 bits per heavy atom. The van der Waals surface area contributed by atoms with E-state index in [1.165, 1.54) is 0 Å². The molecule has 1 aromatic carbocycles. The second-order valence-electron chi connectivity index (χ2n) is 5.26. The van der Waals surface area contributed by atoms with Gasteiger partial charge in [-0.15, -0.1) is 6.42 Å². The third-order valence-electron chi connectivity index (χ3n) is 3.68. The number of nitrogens with one attached hydrogen (secondary N) is 2. The van der Waals surface area contributed by atoms with Crippen LogP contribution in [0.3, 0.4) is 0 Å². The second kappa shape index (κ2) is 5.85. The fourth-order valence-electron chi connectivity index (χ4n) is 2.43. The Hall–Kier alpha value is -3.26. The number of pyridine rings is 1. The summed E-state index contributed by atoms with van der Waals surface area (Å²) in [5.74, 6) is 2.92. The van der Waals surface area contributed by atoms with Gasteiger partial charge >= 0.3 is 0 Å². The number of rotatable bonds is 3. The number of nitrogen functional groups attached to an aromatic ring is 1. The van der Waals surface area contributed by atoms with Crippen LogP contribution in [0.4, 0.5) is 5.82 Å². The van der Waals surface area contributed by atoms with E-state index in [1.54, 1.807) is 12.1 Å². The number of aromatic amines is 1. The first-order valence-electron chi connectivity index (χ1n) is 7.17. The number of benzene rings is 1. The molecule has 5 heteroatoms. The van der Waals surface area contributed by atoms with Gasteiger partial charge in [0.2, 0.25) is 0 Å². The zero-order chi connectivity index (χ0) is 16.4. The molecule has 0 bridgehead atoms. The first-order chi connectivity index (χ1) is 11.1. The highest BCUT2D eigenvalue weighted by atomic mass is 16.1. The number of nitrogens with two attached hydrogens (primary N) is 1. The van der Waals surface area contributed by atoms with Gasteiger partial charge < -0.3 is 16.0 Å². The first kappa shape index (κ1) is 14.7. The molecule has 4 N–H and O–H groups in total. The van der Waals surface area contributed by atoms with Crippen molar-refractivity contribution in [1.29, 1.82) is 0 Å². The molecule has 0 aliphatic heterocycles. The maximum atomic E-state index is 12.1. The molecule has 0 saturated heterocycles. The lowest BCUT2D eigenvalue weighted by molar-refractivity contribution is 0.0950. The fourth-order valence-corrected chi connectivity index (χ4v) is 2.43. The third kappa shape index (κ3) is 2.74. The smallest absolute Gasteiger partial charge is 0.251 e. The predicted octanol–water partition coefficient (Wildman–Crippen LogP) is 2.36. The number of hydrogen-bond donors (Lipinski definition) is 3. The van der Waals surface area contributed by atoms with Crippen molar-refractivity contribution >= 4 is 22.8 Å². The van der Waals surface area contributed by atoms with E-state index in [1.807, 2.05) is 31.2 Å². The molecule has 0 saturated carbocycles. The van der Waals surface area contributed by atoms with Crippen LogP contribution in [-0.4, -0.2) is 15.9 Å². The number of hydrogen-bond acceptors (Lipinski definition) is 3. The topological polar surface area (TPSA) is 83.8 Å². The van der Waals surface area contributed by atoms with E-state index in [2.05, 4.69) is 21.2 Å². The number of aromatic nitrogens is 2. The van der Waals surface area contributed by atoms with Gasteiger partial charge in [0, 0.05) is 5.56 Å². The van der Waals surface area contributed by atoms with Crippen molar-refractivity contribution in [2.75, 3.05) is 5.73 Å². The van der Waals surface area contributed by atoms with E-state index in [0.29, 0.717) is 29.0 Å². The van der Waals surface area contributed by atoms with Crippen molar-refractivity contribution in [3.05, 3.63) is 58.8 Å². The van der Waals surface area contributed by atoms with Crippen molar-refractivity contribution in [2.24, 2.45) is 0 Å². The van der Waals surface area contributed by atoms with Crippen molar-refractivity contribution < 1.29 is 4.79 Å². The molecule has 2 aromatic heterocycles. The van der Waals surface area contributed by atoms with Crippen LogP contribution >= 0.6 is 0 Å². The Kier molecular flexibility index (Phi) is 3.73. The molecule has 0 fully saturated rings. The number of nitrogens with zero attached hydrogens (tertiary/aromatic N) is 1. The SMILES string of the molecule is C#Cc1c(CNC(=O)c2ccccc2)[nH]c2cc(C)c(N)nc12. The number of H-pyrrole nitrogens is 1. The monoisotopic (exact) mass is 304 g/mol. The second-order valence-corrected chi connectivity index (χ2v) is 5.26. The summed E-state index contributed by atoms with van der Waals surface area (Å²) in [5, 5.41) is 2.86. The Balaban J connectivity index is 1.89. The molecular formula is C18H16N4O. The van der Waals surface area contributed by atoms with Crippen molar-refractivity contribution in [1.82, 2.24) is 15.3 Å². The number of amides is 1. The molecule has 0 aliphatic carbocycles. The molecule has 0 unspecified atom stereocenters. The van der Waals surface area contributed by atoms with Gasteiger partial charge in [0.25, 0.3) is 5.91 Å². The molecule has 3 aromatic rings. The molecule has 0 aliphatic rings. The van der Waals surface area contributed by atoms with Crippen molar-refractivity contribution in [3.8, 4) is 12.3 Å². The largest absolute Gasteiger partial charge is 0.383 e. The average molecular weight is 304 g/mol. The maximum Gasteiger partial charge on any atom is 0.251 e. The molecule has 114 valence electrons. The van der Waals surface area contributed by atoms with E-state index < -0.39 is 0 Å². The Bertz CT molecular complexity index is 920. The standard InChI is InChI=1S/C18H16N4O/c1-3-13-15(10-20-18(23)12-7-5-4-6-8-12)21-14-9-11(2)17(19)22-16(13)14/h1,4-9,21H,10H2,2H3,(H2,19,22)(H,20,23). The van der Waals surface area contributed by atoms with Gasteiger partial charge in [0.1, 0.15) is 11.3 Å². The zero-order valence-corrected chi connectivity index (χ0v) is 12.7. The number of carbonyl (C=O) groups excluding carboxylic acids is 1. The van der Waals surface area contributed by atoms with Gasteiger partial charge in [-0.2, -0.15) is 0 Å². The number of terminal acetylenes is 1. The van der Waals surface area contributed by atoms with Crippen LogP contribution in [0.25, 0.3) is 11.0 Å². The summed E-state index contributed by atoms with van der Waals surface area (Å²) in [6.45, 7) is 2.18. The molecule has 5 nitrogen and oxygen atoms in total. The van der Waals surface area contributed by atoms with Crippen LogP contribution in [0.2, 0.25) is 0 Å². The first-order valence-corrected chi connectivity index (χ1v) is 7.17. The minimum absolute atomic E-state index is 0.157. The summed E-state index contributed by atoms with van der Waals surface area (Å²) in [6.07, 6.45) is 5.60. The summed E-state index contributed by atoms with van der Waals surface area (Å²) in [4.78, 5) is 19.7. The molecule has 0 radical (unpaired) electrons. The van der Waals surface area contributed by atoms with Crippen LogP contribution in [0, 0.1) is 19.3 Å². The lowest BCUT2D eigenvalue weighted by Crippen LogP contribution is -2.23. The zero-order valence-electron chi connectivity index (χ0n) is 12.7. The predicted molar refractivity (Wildman–Crippen MR) is 90.8 cm³/mol. The molecule has 0 spiro atoms. The maximum absolute atomic E-state index is 12.1. The van der Waals surface area contributed by atoms with Crippen LogP contribution in [0.1, 0.15) is 27.2 Å². The van der Waals surface area contributed by atoms with Gasteiger partial charge in [0.15, 0.2) is 0 Å². The summed E-state index contributed by atoms with van der Waals surface area (Å²) < 4.78 is 0. The number of carbonyl (C=O) groups is 1. The molecule has 0 atom stereocenters. The summed E-state index contributed by atoms with van der Waals surface area (Å²) in [5.41, 5.74) is 10.2. The Morgan fingerprint density at radius 3 is 2.83 bits per heavy atom. The van der Waals surface area contributed by atoms with Crippen molar-refractivity contribution in [3.63, 3.8) is 0 Å².